The van der Waals surface area contributed by atoms with Gasteiger partial charge in [-0.2, -0.15) is 0 Å². The highest BCUT2D eigenvalue weighted by Gasteiger charge is 2.14. The number of carboxylic acid groups (broad SMARTS) is 1. The Morgan fingerprint density at radius 3 is 2.42 bits per heavy atom. The standard InChI is InChI=1S/C11H15N3O5/c1-14(2)11(18)13-4-3-12-9(15)8-5-7(6-19-8)10(16)17/h5-6H,3-4H2,1-2H3,(H,12,15)(H,13,18)(H,16,17). The molecule has 1 rings (SSSR count). The van der Waals surface area contributed by atoms with Crippen molar-refractivity contribution in [3.63, 3.8) is 0 Å². The second-order valence-corrected chi connectivity index (χ2v) is 3.89. The van der Waals surface area contributed by atoms with E-state index in [1.807, 2.05) is 0 Å². The van der Waals surface area contributed by atoms with Crippen LogP contribution in [-0.2, 0) is 0 Å². The molecule has 0 saturated carbocycles. The first-order valence-corrected chi connectivity index (χ1v) is 5.47. The maximum absolute atomic E-state index is 11.5. The molecule has 1 aromatic rings. The number of hydrogen-bond donors (Lipinski definition) is 3. The molecule has 0 atom stereocenters. The molecule has 3 N–H and O–H groups in total. The van der Waals surface area contributed by atoms with Crippen LogP contribution in [0, 0.1) is 0 Å². The van der Waals surface area contributed by atoms with E-state index in [1.165, 1.54) is 4.90 Å². The molecule has 8 nitrogen and oxygen atoms in total. The Bertz CT molecular complexity index is 480. The average Bonchev–Trinajstić information content (AvgIpc) is 2.83. The van der Waals surface area contributed by atoms with Gasteiger partial charge in [-0.25, -0.2) is 9.59 Å². The summed E-state index contributed by atoms with van der Waals surface area (Å²) in [4.78, 5) is 34.7. The molecule has 0 unspecified atom stereocenters. The van der Waals surface area contributed by atoms with Gasteiger partial charge in [-0.3, -0.25) is 4.79 Å². The van der Waals surface area contributed by atoms with Crippen molar-refractivity contribution in [3.05, 3.63) is 23.7 Å². The quantitative estimate of drug-likeness (QED) is 0.650. The molecule has 0 aliphatic heterocycles. The zero-order valence-electron chi connectivity index (χ0n) is 10.6. The largest absolute Gasteiger partial charge is 0.478 e. The van der Waals surface area contributed by atoms with E-state index in [0.717, 1.165) is 12.3 Å². The normalized spacial score (nSPS) is 9.79. The molecule has 0 fully saturated rings. The van der Waals surface area contributed by atoms with E-state index < -0.39 is 11.9 Å². The third kappa shape index (κ3) is 4.34. The van der Waals surface area contributed by atoms with Crippen LogP contribution in [0.2, 0.25) is 0 Å². The third-order valence-electron chi connectivity index (χ3n) is 2.16. The van der Waals surface area contributed by atoms with Crippen molar-refractivity contribution in [3.8, 4) is 0 Å². The minimum Gasteiger partial charge on any atom is -0.478 e. The van der Waals surface area contributed by atoms with Crippen molar-refractivity contribution in [1.29, 1.82) is 0 Å². The van der Waals surface area contributed by atoms with Crippen LogP contribution in [0.5, 0.6) is 0 Å². The van der Waals surface area contributed by atoms with Gasteiger partial charge in [0.2, 0.25) is 0 Å². The van der Waals surface area contributed by atoms with E-state index in [-0.39, 0.29) is 30.4 Å². The summed E-state index contributed by atoms with van der Waals surface area (Å²) in [6.07, 6.45) is 0.991. The number of carboxylic acids is 1. The highest BCUT2D eigenvalue weighted by molar-refractivity contribution is 5.95. The number of aromatic carboxylic acids is 1. The Morgan fingerprint density at radius 2 is 1.89 bits per heavy atom. The predicted octanol–water partition coefficient (Wildman–Crippen LogP) is -0.0212. The highest BCUT2D eigenvalue weighted by atomic mass is 16.4. The highest BCUT2D eigenvalue weighted by Crippen LogP contribution is 2.07. The lowest BCUT2D eigenvalue weighted by molar-refractivity contribution is 0.0695. The Labute approximate surface area is 109 Å². The molecule has 3 amide bonds. The fourth-order valence-corrected chi connectivity index (χ4v) is 1.16. The van der Waals surface area contributed by atoms with Crippen molar-refractivity contribution < 1.29 is 23.9 Å². The minimum absolute atomic E-state index is 0.0867. The molecular weight excluding hydrogens is 254 g/mol. The van der Waals surface area contributed by atoms with Crippen molar-refractivity contribution in [1.82, 2.24) is 15.5 Å². The minimum atomic E-state index is -1.17. The van der Waals surface area contributed by atoms with Gasteiger partial charge < -0.3 is 25.1 Å². The first-order valence-electron chi connectivity index (χ1n) is 5.47. The maximum Gasteiger partial charge on any atom is 0.338 e. The molecule has 0 saturated heterocycles. The summed E-state index contributed by atoms with van der Waals surface area (Å²) in [6, 6.07) is 0.871. The summed E-state index contributed by atoms with van der Waals surface area (Å²) < 4.78 is 4.82. The van der Waals surface area contributed by atoms with Crippen LogP contribution < -0.4 is 10.6 Å². The van der Waals surface area contributed by atoms with Crippen LogP contribution in [-0.4, -0.2) is 55.1 Å². The van der Waals surface area contributed by atoms with E-state index in [2.05, 4.69) is 10.6 Å². The fraction of sp³-hybridized carbons (Fsp3) is 0.364. The van der Waals surface area contributed by atoms with Gasteiger partial charge in [0.25, 0.3) is 5.91 Å². The molecule has 0 aliphatic rings. The topological polar surface area (TPSA) is 112 Å². The lowest BCUT2D eigenvalue weighted by Gasteiger charge is -2.11. The number of hydrogen-bond acceptors (Lipinski definition) is 4. The van der Waals surface area contributed by atoms with Crippen LogP contribution >= 0.6 is 0 Å². The summed E-state index contributed by atoms with van der Waals surface area (Å²) in [5.41, 5.74) is -0.0916. The summed E-state index contributed by atoms with van der Waals surface area (Å²) in [5, 5.41) is 13.7. The Kier molecular flexibility index (Phi) is 4.92. The summed E-state index contributed by atoms with van der Waals surface area (Å²) in [7, 11) is 3.20. The van der Waals surface area contributed by atoms with Gasteiger partial charge in [0, 0.05) is 33.3 Å². The zero-order valence-corrected chi connectivity index (χ0v) is 10.6. The third-order valence-corrected chi connectivity index (χ3v) is 2.16. The predicted molar refractivity (Wildman–Crippen MR) is 65.1 cm³/mol. The smallest absolute Gasteiger partial charge is 0.338 e. The maximum atomic E-state index is 11.5. The van der Waals surface area contributed by atoms with Crippen LogP contribution in [0.15, 0.2) is 16.7 Å². The van der Waals surface area contributed by atoms with Crippen molar-refractivity contribution in [2.75, 3.05) is 27.2 Å². The molecule has 8 heteroatoms. The summed E-state index contributed by atoms with van der Waals surface area (Å²) >= 11 is 0. The summed E-state index contributed by atoms with van der Waals surface area (Å²) in [6.45, 7) is 0.469. The Balaban J connectivity index is 2.35. The van der Waals surface area contributed by atoms with Gasteiger partial charge in [0.05, 0.1) is 5.56 Å². The first-order chi connectivity index (χ1) is 8.91. The van der Waals surface area contributed by atoms with E-state index >= 15 is 0 Å². The van der Waals surface area contributed by atoms with Gasteiger partial charge in [-0.15, -0.1) is 0 Å². The van der Waals surface area contributed by atoms with Gasteiger partial charge >= 0.3 is 12.0 Å². The second kappa shape index (κ2) is 6.43. The van der Waals surface area contributed by atoms with Gasteiger partial charge in [-0.1, -0.05) is 0 Å². The number of furan rings is 1. The van der Waals surface area contributed by atoms with E-state index in [4.69, 9.17) is 9.52 Å². The van der Waals surface area contributed by atoms with Crippen molar-refractivity contribution in [2.24, 2.45) is 0 Å². The number of nitrogens with one attached hydrogen (secondary N) is 2. The second-order valence-electron chi connectivity index (χ2n) is 3.89. The Morgan fingerprint density at radius 1 is 1.26 bits per heavy atom. The molecule has 0 aromatic carbocycles. The van der Waals surface area contributed by atoms with Crippen LogP contribution in [0.1, 0.15) is 20.9 Å². The molecule has 0 aliphatic carbocycles. The van der Waals surface area contributed by atoms with E-state index in [1.54, 1.807) is 14.1 Å². The van der Waals surface area contributed by atoms with E-state index in [0.29, 0.717) is 0 Å². The number of nitrogens with zero attached hydrogens (tertiary/aromatic N) is 1. The van der Waals surface area contributed by atoms with Crippen molar-refractivity contribution >= 4 is 17.9 Å². The average molecular weight is 269 g/mol. The molecule has 104 valence electrons. The number of carbonyl (C=O) groups is 3. The lowest BCUT2D eigenvalue weighted by atomic mass is 10.3. The molecule has 0 spiro atoms. The van der Waals surface area contributed by atoms with Crippen molar-refractivity contribution in [2.45, 2.75) is 0 Å². The van der Waals surface area contributed by atoms with Crippen LogP contribution in [0.3, 0.4) is 0 Å². The number of rotatable bonds is 5. The monoisotopic (exact) mass is 269 g/mol. The van der Waals surface area contributed by atoms with Crippen LogP contribution in [0.4, 0.5) is 4.79 Å². The molecular formula is C11H15N3O5. The molecule has 1 heterocycles. The van der Waals surface area contributed by atoms with Crippen LogP contribution in [0.25, 0.3) is 0 Å². The van der Waals surface area contributed by atoms with Gasteiger partial charge in [0.1, 0.15) is 6.26 Å². The first kappa shape index (κ1) is 14.6. The van der Waals surface area contributed by atoms with E-state index in [9.17, 15) is 14.4 Å². The number of amides is 3. The SMILES string of the molecule is CN(C)C(=O)NCCNC(=O)c1cc(C(=O)O)co1. The fourth-order valence-electron chi connectivity index (χ4n) is 1.16. The molecule has 1 aromatic heterocycles. The van der Waals surface area contributed by atoms with Gasteiger partial charge in [0.15, 0.2) is 5.76 Å². The Hall–Kier alpha value is -2.51. The summed E-state index contributed by atoms with van der Waals surface area (Å²) in [5.74, 6) is -1.79. The molecule has 0 bridgehead atoms. The number of urea groups is 1. The molecule has 0 radical (unpaired) electrons. The lowest BCUT2D eigenvalue weighted by Crippen LogP contribution is -2.39. The zero-order chi connectivity index (χ0) is 14.4. The number of carbonyl (C=O) groups excluding carboxylic acids is 2. The molecule has 19 heavy (non-hydrogen) atoms. The van der Waals surface area contributed by atoms with Gasteiger partial charge in [-0.05, 0) is 0 Å².